The lowest BCUT2D eigenvalue weighted by Gasteiger charge is -2.23. The molecule has 1 unspecified atom stereocenters. The van der Waals surface area contributed by atoms with Gasteiger partial charge in [-0.3, -0.25) is 4.68 Å². The topological polar surface area (TPSA) is 43.8 Å². The van der Waals surface area contributed by atoms with Crippen LogP contribution in [0.4, 0.5) is 8.78 Å². The van der Waals surface area contributed by atoms with Crippen LogP contribution >= 0.6 is 0 Å². The van der Waals surface area contributed by atoms with E-state index in [1.807, 2.05) is 0 Å². The summed E-state index contributed by atoms with van der Waals surface area (Å²) < 4.78 is 26.4. The van der Waals surface area contributed by atoms with E-state index in [0.29, 0.717) is 11.4 Å². The standard InChI is InChI=1S/C8H13F2N3/c1-5-4-6(13(3)12-5)8(2,11)7(9)10/h4,7H,11H2,1-3H3. The number of aromatic nitrogens is 2. The van der Waals surface area contributed by atoms with Crippen molar-refractivity contribution in [3.05, 3.63) is 17.5 Å². The summed E-state index contributed by atoms with van der Waals surface area (Å²) in [6, 6.07) is 1.58. The van der Waals surface area contributed by atoms with Crippen molar-refractivity contribution in [1.82, 2.24) is 9.78 Å². The molecule has 0 aliphatic rings. The first-order valence-electron chi connectivity index (χ1n) is 3.94. The molecule has 0 amide bonds. The van der Waals surface area contributed by atoms with Crippen LogP contribution in [0.15, 0.2) is 6.07 Å². The van der Waals surface area contributed by atoms with E-state index in [9.17, 15) is 8.78 Å². The van der Waals surface area contributed by atoms with Crippen LogP contribution in [-0.4, -0.2) is 16.2 Å². The van der Waals surface area contributed by atoms with Crippen molar-refractivity contribution in [2.45, 2.75) is 25.8 Å². The molecule has 0 aromatic carbocycles. The Morgan fingerprint density at radius 3 is 2.46 bits per heavy atom. The highest BCUT2D eigenvalue weighted by molar-refractivity contribution is 5.18. The Kier molecular flexibility index (Phi) is 2.38. The Bertz CT molecular complexity index is 304. The summed E-state index contributed by atoms with van der Waals surface area (Å²) in [5, 5.41) is 3.96. The third kappa shape index (κ3) is 1.70. The highest BCUT2D eigenvalue weighted by atomic mass is 19.3. The van der Waals surface area contributed by atoms with Crippen molar-refractivity contribution in [3.8, 4) is 0 Å². The largest absolute Gasteiger partial charge is 0.316 e. The van der Waals surface area contributed by atoms with Crippen molar-refractivity contribution < 1.29 is 8.78 Å². The number of nitrogens with two attached hydrogens (primary N) is 1. The van der Waals surface area contributed by atoms with Gasteiger partial charge in [0.2, 0.25) is 0 Å². The molecule has 0 saturated carbocycles. The van der Waals surface area contributed by atoms with Crippen molar-refractivity contribution in [2.24, 2.45) is 12.8 Å². The molecule has 13 heavy (non-hydrogen) atoms. The second-order valence-electron chi connectivity index (χ2n) is 3.38. The predicted octanol–water partition coefficient (Wildman–Crippen LogP) is 1.17. The summed E-state index contributed by atoms with van der Waals surface area (Å²) in [6.45, 7) is 3.04. The van der Waals surface area contributed by atoms with Crippen molar-refractivity contribution in [2.75, 3.05) is 0 Å². The second-order valence-corrected chi connectivity index (χ2v) is 3.38. The molecule has 0 radical (unpaired) electrons. The van der Waals surface area contributed by atoms with Gasteiger partial charge < -0.3 is 5.73 Å². The van der Waals surface area contributed by atoms with Crippen molar-refractivity contribution in [3.63, 3.8) is 0 Å². The second kappa shape index (κ2) is 3.06. The van der Waals surface area contributed by atoms with Crippen LogP contribution in [0.25, 0.3) is 0 Å². The number of halogens is 2. The normalized spacial score (nSPS) is 16.2. The van der Waals surface area contributed by atoms with E-state index in [1.165, 1.54) is 11.6 Å². The Hall–Kier alpha value is -0.970. The van der Waals surface area contributed by atoms with E-state index < -0.39 is 12.0 Å². The average molecular weight is 189 g/mol. The molecule has 0 spiro atoms. The first-order chi connectivity index (χ1) is 5.85. The Morgan fingerprint density at radius 2 is 2.15 bits per heavy atom. The molecular formula is C8H13F2N3. The van der Waals surface area contributed by atoms with Gasteiger partial charge in [0, 0.05) is 7.05 Å². The summed E-state index contributed by atoms with van der Waals surface area (Å²) in [6.07, 6.45) is -2.60. The Morgan fingerprint density at radius 1 is 1.62 bits per heavy atom. The van der Waals surface area contributed by atoms with Gasteiger partial charge in [-0.15, -0.1) is 0 Å². The first kappa shape index (κ1) is 10.1. The average Bonchev–Trinajstić information content (AvgIpc) is 2.30. The number of hydrogen-bond donors (Lipinski definition) is 1. The molecule has 74 valence electrons. The van der Waals surface area contributed by atoms with Gasteiger partial charge >= 0.3 is 0 Å². The predicted molar refractivity (Wildman–Crippen MR) is 45.5 cm³/mol. The molecule has 0 aliphatic heterocycles. The summed E-state index contributed by atoms with van der Waals surface area (Å²) in [7, 11) is 1.61. The molecule has 1 atom stereocenters. The molecular weight excluding hydrogens is 176 g/mol. The zero-order valence-corrected chi connectivity index (χ0v) is 7.88. The molecule has 1 aromatic heterocycles. The maximum absolute atomic E-state index is 12.5. The van der Waals surface area contributed by atoms with Crippen LogP contribution in [0.2, 0.25) is 0 Å². The minimum atomic E-state index is -2.60. The van der Waals surface area contributed by atoms with Gasteiger partial charge in [-0.2, -0.15) is 5.10 Å². The van der Waals surface area contributed by atoms with Gasteiger partial charge in [-0.05, 0) is 19.9 Å². The minimum absolute atomic E-state index is 0.347. The molecule has 3 nitrogen and oxygen atoms in total. The molecule has 0 aliphatic carbocycles. The minimum Gasteiger partial charge on any atom is -0.316 e. The zero-order chi connectivity index (χ0) is 10.2. The van der Waals surface area contributed by atoms with Crippen LogP contribution in [0.5, 0.6) is 0 Å². The molecule has 1 heterocycles. The van der Waals surface area contributed by atoms with E-state index in [-0.39, 0.29) is 0 Å². The number of alkyl halides is 2. The van der Waals surface area contributed by atoms with Gasteiger partial charge in [0.05, 0.1) is 11.4 Å². The number of hydrogen-bond acceptors (Lipinski definition) is 2. The number of rotatable bonds is 2. The first-order valence-corrected chi connectivity index (χ1v) is 3.94. The van der Waals surface area contributed by atoms with Gasteiger partial charge in [-0.25, -0.2) is 8.78 Å². The van der Waals surface area contributed by atoms with E-state index in [0.717, 1.165) is 0 Å². The molecule has 5 heteroatoms. The lowest BCUT2D eigenvalue weighted by atomic mass is 10.00. The van der Waals surface area contributed by atoms with Crippen molar-refractivity contribution >= 4 is 0 Å². The van der Waals surface area contributed by atoms with Crippen LogP contribution in [0, 0.1) is 6.92 Å². The maximum atomic E-state index is 12.5. The van der Waals surface area contributed by atoms with Crippen LogP contribution < -0.4 is 5.73 Å². The molecule has 0 saturated heterocycles. The fourth-order valence-electron chi connectivity index (χ4n) is 1.23. The van der Waals surface area contributed by atoms with E-state index in [2.05, 4.69) is 5.10 Å². The van der Waals surface area contributed by atoms with Gasteiger partial charge in [0.1, 0.15) is 5.54 Å². The zero-order valence-electron chi connectivity index (χ0n) is 7.88. The quantitative estimate of drug-likeness (QED) is 0.758. The summed E-state index contributed by atoms with van der Waals surface area (Å²) in [5.41, 5.74) is 4.89. The lowest BCUT2D eigenvalue weighted by molar-refractivity contribution is 0.0580. The molecule has 1 rings (SSSR count). The summed E-state index contributed by atoms with van der Waals surface area (Å²) in [4.78, 5) is 0. The SMILES string of the molecule is Cc1cc(C(C)(N)C(F)F)n(C)n1. The van der Waals surface area contributed by atoms with E-state index >= 15 is 0 Å². The van der Waals surface area contributed by atoms with Gasteiger partial charge in [0.15, 0.2) is 0 Å². The summed E-state index contributed by atoms with van der Waals surface area (Å²) in [5.74, 6) is 0. The Balaban J connectivity index is 3.13. The van der Waals surface area contributed by atoms with E-state index in [1.54, 1.807) is 20.0 Å². The fraction of sp³-hybridized carbons (Fsp3) is 0.625. The number of nitrogens with zero attached hydrogens (tertiary/aromatic N) is 2. The third-order valence-corrected chi connectivity index (χ3v) is 2.01. The maximum Gasteiger partial charge on any atom is 0.261 e. The third-order valence-electron chi connectivity index (χ3n) is 2.01. The highest BCUT2D eigenvalue weighted by Gasteiger charge is 2.35. The van der Waals surface area contributed by atoms with Crippen LogP contribution in [-0.2, 0) is 12.6 Å². The Labute approximate surface area is 75.5 Å². The van der Waals surface area contributed by atoms with Crippen LogP contribution in [0.3, 0.4) is 0 Å². The smallest absolute Gasteiger partial charge is 0.261 e. The molecule has 1 aromatic rings. The molecule has 2 N–H and O–H groups in total. The number of aryl methyl sites for hydroxylation is 2. The van der Waals surface area contributed by atoms with Gasteiger partial charge in [-0.1, -0.05) is 0 Å². The highest BCUT2D eigenvalue weighted by Crippen LogP contribution is 2.24. The monoisotopic (exact) mass is 189 g/mol. The van der Waals surface area contributed by atoms with E-state index in [4.69, 9.17) is 5.73 Å². The van der Waals surface area contributed by atoms with Crippen molar-refractivity contribution in [1.29, 1.82) is 0 Å². The van der Waals surface area contributed by atoms with Gasteiger partial charge in [0.25, 0.3) is 6.43 Å². The molecule has 0 bridgehead atoms. The fourth-order valence-corrected chi connectivity index (χ4v) is 1.23. The van der Waals surface area contributed by atoms with Crippen LogP contribution in [0.1, 0.15) is 18.3 Å². The summed E-state index contributed by atoms with van der Waals surface area (Å²) >= 11 is 0. The molecule has 0 fully saturated rings. The lowest BCUT2D eigenvalue weighted by Crippen LogP contribution is -2.42.